The summed E-state index contributed by atoms with van der Waals surface area (Å²) in [6.45, 7) is 0.383. The van der Waals surface area contributed by atoms with Crippen LogP contribution in [0, 0.1) is 0 Å². The van der Waals surface area contributed by atoms with E-state index >= 15 is 0 Å². The first kappa shape index (κ1) is 21.7. The van der Waals surface area contributed by atoms with Crippen LogP contribution in [0.1, 0.15) is 10.4 Å². The maximum Gasteiger partial charge on any atom is 0.262 e. The normalized spacial score (nSPS) is 14.3. The minimum absolute atomic E-state index is 0.225. The zero-order valence-corrected chi connectivity index (χ0v) is 18.6. The van der Waals surface area contributed by atoms with Crippen LogP contribution in [-0.4, -0.2) is 37.7 Å². The minimum atomic E-state index is -0.325. The van der Waals surface area contributed by atoms with Crippen molar-refractivity contribution in [2.75, 3.05) is 25.1 Å². The van der Waals surface area contributed by atoms with E-state index in [1.807, 2.05) is 36.4 Å². The Morgan fingerprint density at radius 3 is 2.50 bits per heavy atom. The van der Waals surface area contributed by atoms with Crippen LogP contribution in [-0.2, 0) is 4.79 Å². The summed E-state index contributed by atoms with van der Waals surface area (Å²) < 4.78 is 18.1. The Hall–Kier alpha value is -3.52. The second-order valence-electron chi connectivity index (χ2n) is 7.05. The summed E-state index contributed by atoms with van der Waals surface area (Å²) in [7, 11) is 0. The molecule has 7 nitrogen and oxygen atoms in total. The number of amides is 2. The van der Waals surface area contributed by atoms with E-state index in [-0.39, 0.29) is 31.1 Å². The van der Waals surface area contributed by atoms with E-state index in [0.29, 0.717) is 35.1 Å². The molecule has 0 saturated heterocycles. The quantitative estimate of drug-likeness (QED) is 0.515. The van der Waals surface area contributed by atoms with Crippen LogP contribution < -0.4 is 24.8 Å². The zero-order valence-electron chi connectivity index (χ0n) is 17.0. The van der Waals surface area contributed by atoms with Gasteiger partial charge in [-0.2, -0.15) is 0 Å². The van der Waals surface area contributed by atoms with Crippen LogP contribution in [0.3, 0.4) is 0 Å². The average Bonchev–Trinajstić information content (AvgIpc) is 2.82. The maximum atomic E-state index is 12.7. The molecule has 8 heteroatoms. The lowest BCUT2D eigenvalue weighted by molar-refractivity contribution is -0.118. The number of hydrogen-bond acceptors (Lipinski definition) is 5. The molecule has 1 aliphatic heterocycles. The lowest BCUT2D eigenvalue weighted by atomic mass is 10.2. The van der Waals surface area contributed by atoms with Crippen molar-refractivity contribution in [3.05, 3.63) is 82.8 Å². The molecule has 1 heterocycles. The van der Waals surface area contributed by atoms with E-state index in [0.717, 1.165) is 4.47 Å². The number of ether oxygens (including phenoxy) is 3. The van der Waals surface area contributed by atoms with E-state index in [1.54, 1.807) is 36.4 Å². The average molecular weight is 497 g/mol. The van der Waals surface area contributed by atoms with E-state index in [9.17, 15) is 9.59 Å². The maximum absolute atomic E-state index is 12.7. The summed E-state index contributed by atoms with van der Waals surface area (Å²) in [6, 6.07) is 21.4. The van der Waals surface area contributed by atoms with Gasteiger partial charge in [-0.05, 0) is 48.5 Å². The van der Waals surface area contributed by atoms with Crippen molar-refractivity contribution in [1.29, 1.82) is 0 Å². The number of anilines is 1. The van der Waals surface area contributed by atoms with Crippen molar-refractivity contribution in [1.82, 2.24) is 5.32 Å². The van der Waals surface area contributed by atoms with E-state index in [4.69, 9.17) is 14.2 Å². The highest BCUT2D eigenvalue weighted by atomic mass is 79.9. The largest absolute Gasteiger partial charge is 0.486 e. The lowest BCUT2D eigenvalue weighted by Gasteiger charge is -2.26. The molecule has 3 aromatic carbocycles. The highest BCUT2D eigenvalue weighted by Gasteiger charge is 2.22. The molecule has 164 valence electrons. The SMILES string of the molecule is O=C(COc1ccccc1C(=O)NCC1COc2ccccc2O1)Nc1ccc(Br)cc1. The Morgan fingerprint density at radius 1 is 0.969 bits per heavy atom. The molecule has 0 aliphatic carbocycles. The molecule has 0 fully saturated rings. The Morgan fingerprint density at radius 2 is 1.69 bits per heavy atom. The Labute approximate surface area is 193 Å². The second kappa shape index (κ2) is 10.2. The molecule has 0 radical (unpaired) electrons. The highest BCUT2D eigenvalue weighted by Crippen LogP contribution is 2.30. The van der Waals surface area contributed by atoms with Gasteiger partial charge in [0.25, 0.3) is 11.8 Å². The van der Waals surface area contributed by atoms with Crippen molar-refractivity contribution in [2.45, 2.75) is 6.10 Å². The van der Waals surface area contributed by atoms with Gasteiger partial charge in [0.1, 0.15) is 18.5 Å². The molecular formula is C24H21BrN2O5. The fraction of sp³-hybridized carbons (Fsp3) is 0.167. The molecule has 1 aliphatic rings. The summed E-state index contributed by atoms with van der Waals surface area (Å²) in [6.07, 6.45) is -0.307. The Bertz CT molecular complexity index is 1100. The molecule has 1 unspecified atom stereocenters. The van der Waals surface area contributed by atoms with Gasteiger partial charge in [-0.3, -0.25) is 9.59 Å². The predicted octanol–water partition coefficient (Wildman–Crippen LogP) is 4.04. The summed E-state index contributed by atoms with van der Waals surface area (Å²) in [5.74, 6) is 1.01. The fourth-order valence-electron chi connectivity index (χ4n) is 3.12. The standard InChI is InChI=1S/C24H21BrN2O5/c25-16-9-11-17(12-10-16)27-23(28)15-31-20-6-2-1-5-19(20)24(29)26-13-18-14-30-21-7-3-4-8-22(21)32-18/h1-12,18H,13-15H2,(H,26,29)(H,27,28). The van der Waals surface area contributed by atoms with Crippen LogP contribution in [0.4, 0.5) is 5.69 Å². The first-order chi connectivity index (χ1) is 15.6. The molecule has 1 atom stereocenters. The van der Waals surface area contributed by atoms with Gasteiger partial charge in [0.2, 0.25) is 0 Å². The van der Waals surface area contributed by atoms with Crippen molar-refractivity contribution in [3.8, 4) is 17.2 Å². The van der Waals surface area contributed by atoms with Crippen LogP contribution >= 0.6 is 15.9 Å². The molecule has 2 amide bonds. The van der Waals surface area contributed by atoms with Crippen LogP contribution in [0.2, 0.25) is 0 Å². The lowest BCUT2D eigenvalue weighted by Crippen LogP contribution is -2.40. The van der Waals surface area contributed by atoms with Crippen molar-refractivity contribution in [2.24, 2.45) is 0 Å². The number of benzene rings is 3. The number of nitrogens with one attached hydrogen (secondary N) is 2. The molecule has 0 spiro atoms. The topological polar surface area (TPSA) is 85.9 Å². The van der Waals surface area contributed by atoms with Gasteiger partial charge in [-0.1, -0.05) is 40.2 Å². The molecular weight excluding hydrogens is 476 g/mol. The fourth-order valence-corrected chi connectivity index (χ4v) is 3.38. The summed E-state index contributed by atoms with van der Waals surface area (Å²) in [4.78, 5) is 24.9. The van der Waals surface area contributed by atoms with E-state index in [1.165, 1.54) is 0 Å². The van der Waals surface area contributed by atoms with Gasteiger partial charge in [0.15, 0.2) is 18.1 Å². The number of carbonyl (C=O) groups is 2. The third kappa shape index (κ3) is 5.59. The Kier molecular flexibility index (Phi) is 6.91. The van der Waals surface area contributed by atoms with Gasteiger partial charge < -0.3 is 24.8 Å². The van der Waals surface area contributed by atoms with Crippen LogP contribution in [0.15, 0.2) is 77.3 Å². The number of hydrogen-bond donors (Lipinski definition) is 2. The summed E-state index contributed by atoms with van der Waals surface area (Å²) in [5.41, 5.74) is 0.991. The highest BCUT2D eigenvalue weighted by molar-refractivity contribution is 9.10. The van der Waals surface area contributed by atoms with Gasteiger partial charge in [0, 0.05) is 10.2 Å². The number of halogens is 1. The molecule has 0 saturated carbocycles. The molecule has 3 aromatic rings. The van der Waals surface area contributed by atoms with Crippen molar-refractivity contribution in [3.63, 3.8) is 0 Å². The zero-order chi connectivity index (χ0) is 22.3. The van der Waals surface area contributed by atoms with E-state index < -0.39 is 0 Å². The van der Waals surface area contributed by atoms with Gasteiger partial charge >= 0.3 is 0 Å². The van der Waals surface area contributed by atoms with Crippen molar-refractivity contribution < 1.29 is 23.8 Å². The van der Waals surface area contributed by atoms with Crippen molar-refractivity contribution >= 4 is 33.4 Å². The predicted molar refractivity (Wildman–Crippen MR) is 123 cm³/mol. The first-order valence-corrected chi connectivity index (χ1v) is 10.8. The molecule has 4 rings (SSSR count). The van der Waals surface area contributed by atoms with E-state index in [2.05, 4.69) is 26.6 Å². The van der Waals surface area contributed by atoms with Crippen LogP contribution in [0.5, 0.6) is 17.2 Å². The number of para-hydroxylation sites is 3. The smallest absolute Gasteiger partial charge is 0.262 e. The minimum Gasteiger partial charge on any atom is -0.486 e. The molecule has 32 heavy (non-hydrogen) atoms. The van der Waals surface area contributed by atoms with Gasteiger partial charge in [0.05, 0.1) is 12.1 Å². The number of rotatable bonds is 7. The van der Waals surface area contributed by atoms with Gasteiger partial charge in [-0.15, -0.1) is 0 Å². The third-order valence-electron chi connectivity index (χ3n) is 4.68. The summed E-state index contributed by atoms with van der Waals surface area (Å²) in [5, 5.41) is 5.59. The molecule has 2 N–H and O–H groups in total. The Balaban J connectivity index is 1.31. The summed E-state index contributed by atoms with van der Waals surface area (Å²) >= 11 is 3.35. The third-order valence-corrected chi connectivity index (χ3v) is 5.20. The molecule has 0 bridgehead atoms. The number of carbonyl (C=O) groups excluding carboxylic acids is 2. The second-order valence-corrected chi connectivity index (χ2v) is 7.96. The molecule has 0 aromatic heterocycles. The number of fused-ring (bicyclic) bond motifs is 1. The van der Waals surface area contributed by atoms with Crippen LogP contribution in [0.25, 0.3) is 0 Å². The van der Waals surface area contributed by atoms with Gasteiger partial charge in [-0.25, -0.2) is 0 Å². The monoisotopic (exact) mass is 496 g/mol. The first-order valence-electron chi connectivity index (χ1n) is 10.0.